The molecule has 5 fully saturated rings. The summed E-state index contributed by atoms with van der Waals surface area (Å²) in [4.78, 5) is 26.3. The summed E-state index contributed by atoms with van der Waals surface area (Å²) in [6.07, 6.45) is -1.13. The molecule has 3 saturated heterocycles. The summed E-state index contributed by atoms with van der Waals surface area (Å²) in [6, 6.07) is 8.49. The molecule has 0 amide bonds. The van der Waals surface area contributed by atoms with Crippen LogP contribution in [-0.2, 0) is 38.3 Å². The van der Waals surface area contributed by atoms with Crippen molar-refractivity contribution in [3.8, 4) is 0 Å². The summed E-state index contributed by atoms with van der Waals surface area (Å²) in [5.41, 5.74) is -2.36. The van der Waals surface area contributed by atoms with E-state index in [4.69, 9.17) is 23.7 Å². The highest BCUT2D eigenvalue weighted by atomic mass is 32.2. The number of esters is 1. The van der Waals surface area contributed by atoms with E-state index in [1.807, 2.05) is 13.8 Å². The van der Waals surface area contributed by atoms with E-state index in [9.17, 15) is 18.0 Å². The van der Waals surface area contributed by atoms with Gasteiger partial charge >= 0.3 is 12.1 Å². The van der Waals surface area contributed by atoms with Crippen molar-refractivity contribution in [3.63, 3.8) is 0 Å². The van der Waals surface area contributed by atoms with E-state index in [2.05, 4.69) is 13.8 Å². The van der Waals surface area contributed by atoms with Crippen LogP contribution in [0.2, 0.25) is 0 Å². The van der Waals surface area contributed by atoms with E-state index in [-0.39, 0.29) is 30.0 Å². The van der Waals surface area contributed by atoms with E-state index in [0.717, 1.165) is 0 Å². The Kier molecular flexibility index (Phi) is 6.00. The van der Waals surface area contributed by atoms with Crippen molar-refractivity contribution < 1.29 is 41.7 Å². The zero-order chi connectivity index (χ0) is 28.0. The number of hydrogen-bond donors (Lipinski definition) is 0. The first kappa shape index (κ1) is 27.0. The van der Waals surface area contributed by atoms with Gasteiger partial charge < -0.3 is 23.7 Å². The molecular formula is C29H38O9S. The number of rotatable bonds is 6. The van der Waals surface area contributed by atoms with Gasteiger partial charge in [0, 0.05) is 7.11 Å². The van der Waals surface area contributed by atoms with Crippen LogP contribution in [0.1, 0.15) is 53.4 Å². The van der Waals surface area contributed by atoms with Gasteiger partial charge in [-0.2, -0.15) is 0 Å². The first-order valence-corrected chi connectivity index (χ1v) is 15.6. The van der Waals surface area contributed by atoms with E-state index in [1.54, 1.807) is 37.4 Å². The Labute approximate surface area is 229 Å². The Balaban J connectivity index is 1.53. The third-order valence-electron chi connectivity index (χ3n) is 10.9. The topological polar surface area (TPSA) is 114 Å². The summed E-state index contributed by atoms with van der Waals surface area (Å²) in [5, 5.41) is 0. The fraction of sp³-hybridized carbons (Fsp3) is 0.724. The molecule has 8 atom stereocenters. The van der Waals surface area contributed by atoms with E-state index < -0.39 is 62.3 Å². The Morgan fingerprint density at radius 1 is 1.08 bits per heavy atom. The van der Waals surface area contributed by atoms with Crippen LogP contribution < -0.4 is 0 Å². The third-order valence-corrected chi connectivity index (χ3v) is 12.6. The fourth-order valence-corrected chi connectivity index (χ4v) is 10.7. The van der Waals surface area contributed by atoms with Crippen molar-refractivity contribution >= 4 is 22.0 Å². The molecule has 3 aliphatic heterocycles. The highest BCUT2D eigenvalue weighted by molar-refractivity contribution is 7.91. The van der Waals surface area contributed by atoms with Crippen LogP contribution in [0, 0.1) is 34.0 Å². The highest BCUT2D eigenvalue weighted by Crippen LogP contribution is 2.77. The molecule has 6 rings (SSSR count). The molecule has 1 spiro atoms. The second kappa shape index (κ2) is 8.66. The Morgan fingerprint density at radius 3 is 2.46 bits per heavy atom. The number of hydrogen-bond acceptors (Lipinski definition) is 9. The van der Waals surface area contributed by atoms with Crippen molar-refractivity contribution in [1.29, 1.82) is 0 Å². The lowest BCUT2D eigenvalue weighted by atomic mass is 9.35. The summed E-state index contributed by atoms with van der Waals surface area (Å²) >= 11 is 0. The standard InChI is InChI=1S/C29H38O9S/c1-17(2)22-28-23-20(15-21(30)36-23)29(34-5)27(12-13-35-29,24(28)38-25(31)37-22)16-18(26(28,3)4)11-14-39(32,33)19-9-7-6-8-10-19/h6-10,17-18,20,22-24H,11-16H2,1-5H3/t18-,20?,22-,23+,24+,27-,28-,29-/m1/s1. The molecule has 0 radical (unpaired) electrons. The molecule has 1 aromatic carbocycles. The fourth-order valence-electron chi connectivity index (χ4n) is 9.35. The summed E-state index contributed by atoms with van der Waals surface area (Å²) in [5.74, 6) is -2.26. The molecule has 2 saturated carbocycles. The minimum atomic E-state index is -3.54. The molecule has 2 aliphatic carbocycles. The first-order chi connectivity index (χ1) is 18.4. The maximum atomic E-state index is 13.4. The van der Waals surface area contributed by atoms with Gasteiger partial charge in [-0.25, -0.2) is 13.2 Å². The number of cyclic esters (lactones) is 1. The van der Waals surface area contributed by atoms with Gasteiger partial charge in [-0.1, -0.05) is 45.9 Å². The largest absolute Gasteiger partial charge is 0.508 e. The normalized spacial score (nSPS) is 42.2. The maximum absolute atomic E-state index is 13.4. The molecule has 3 heterocycles. The van der Waals surface area contributed by atoms with Gasteiger partial charge in [0.1, 0.15) is 18.3 Å². The summed E-state index contributed by atoms with van der Waals surface area (Å²) in [6.45, 7) is 8.57. The number of benzene rings is 1. The zero-order valence-electron chi connectivity index (χ0n) is 23.2. The predicted molar refractivity (Wildman–Crippen MR) is 138 cm³/mol. The molecule has 9 nitrogen and oxygen atoms in total. The van der Waals surface area contributed by atoms with Crippen LogP contribution in [0.4, 0.5) is 4.79 Å². The van der Waals surface area contributed by atoms with Crippen molar-refractivity contribution in [1.82, 2.24) is 0 Å². The van der Waals surface area contributed by atoms with Crippen LogP contribution in [0.3, 0.4) is 0 Å². The van der Waals surface area contributed by atoms with Crippen molar-refractivity contribution in [2.24, 2.45) is 34.0 Å². The minimum Gasteiger partial charge on any atom is -0.461 e. The van der Waals surface area contributed by atoms with E-state index >= 15 is 0 Å². The van der Waals surface area contributed by atoms with Gasteiger partial charge in [0.05, 0.1) is 40.4 Å². The second-order valence-corrected chi connectivity index (χ2v) is 15.0. The molecule has 1 unspecified atom stereocenters. The van der Waals surface area contributed by atoms with Gasteiger partial charge in [0.15, 0.2) is 15.6 Å². The number of carbonyl (C=O) groups excluding carboxylic acids is 2. The molecule has 0 N–H and O–H groups in total. The Bertz CT molecular complexity index is 1280. The molecule has 2 bridgehead atoms. The molecule has 39 heavy (non-hydrogen) atoms. The van der Waals surface area contributed by atoms with Crippen LogP contribution in [0.5, 0.6) is 0 Å². The smallest absolute Gasteiger partial charge is 0.461 e. The molecule has 10 heteroatoms. The maximum Gasteiger partial charge on any atom is 0.508 e. The van der Waals surface area contributed by atoms with E-state index in [0.29, 0.717) is 30.8 Å². The van der Waals surface area contributed by atoms with Crippen LogP contribution in [0.25, 0.3) is 0 Å². The SMILES string of the molecule is CO[C@]12OCC[C@]13C[C@@H](CCS(=O)(=O)c1ccccc1)C(C)(C)[C@]1([C@@H](C(C)C)OC(=O)O[C@H]13)[C@H]1OC(=O)CC12. The lowest BCUT2D eigenvalue weighted by Gasteiger charge is -2.73. The van der Waals surface area contributed by atoms with Gasteiger partial charge in [-0.05, 0) is 48.6 Å². The van der Waals surface area contributed by atoms with E-state index in [1.165, 1.54) is 0 Å². The molecule has 0 aromatic heterocycles. The number of carbonyl (C=O) groups is 2. The van der Waals surface area contributed by atoms with Gasteiger partial charge in [-0.3, -0.25) is 4.79 Å². The lowest BCUT2D eigenvalue weighted by molar-refractivity contribution is -0.412. The zero-order valence-corrected chi connectivity index (χ0v) is 24.0. The molecule has 214 valence electrons. The number of sulfone groups is 1. The van der Waals surface area contributed by atoms with Crippen molar-refractivity contribution in [3.05, 3.63) is 30.3 Å². The summed E-state index contributed by atoms with van der Waals surface area (Å²) in [7, 11) is -1.96. The predicted octanol–water partition coefficient (Wildman–Crippen LogP) is 4.14. The van der Waals surface area contributed by atoms with Gasteiger partial charge in [0.25, 0.3) is 0 Å². The molecule has 5 aliphatic rings. The monoisotopic (exact) mass is 562 g/mol. The van der Waals surface area contributed by atoms with Crippen LogP contribution in [-0.4, -0.2) is 64.1 Å². The quantitative estimate of drug-likeness (QED) is 0.472. The summed E-state index contributed by atoms with van der Waals surface area (Å²) < 4.78 is 57.8. The highest BCUT2D eigenvalue weighted by Gasteiger charge is 2.87. The second-order valence-electron chi connectivity index (χ2n) is 12.9. The van der Waals surface area contributed by atoms with Crippen LogP contribution in [0.15, 0.2) is 35.2 Å². The number of ether oxygens (including phenoxy) is 5. The number of fused-ring (bicyclic) bond motifs is 2. The average molecular weight is 563 g/mol. The molecular weight excluding hydrogens is 524 g/mol. The Morgan fingerprint density at radius 2 is 1.79 bits per heavy atom. The van der Waals surface area contributed by atoms with Crippen LogP contribution >= 0.6 is 0 Å². The lowest BCUT2D eigenvalue weighted by Crippen LogP contribution is -2.83. The molecule has 1 aromatic rings. The van der Waals surface area contributed by atoms with Crippen molar-refractivity contribution in [2.45, 2.75) is 82.4 Å². The Hall–Kier alpha value is -2.17. The number of methoxy groups -OCH3 is 1. The average Bonchev–Trinajstić information content (AvgIpc) is 3.47. The third kappa shape index (κ3) is 3.28. The van der Waals surface area contributed by atoms with Gasteiger partial charge in [-0.15, -0.1) is 0 Å². The minimum absolute atomic E-state index is 0.0380. The van der Waals surface area contributed by atoms with Crippen molar-refractivity contribution in [2.75, 3.05) is 19.5 Å². The van der Waals surface area contributed by atoms with Gasteiger partial charge in [0.2, 0.25) is 0 Å². The first-order valence-electron chi connectivity index (χ1n) is 13.9.